The van der Waals surface area contributed by atoms with Crippen LogP contribution in [0.5, 0.6) is 0 Å². The fraction of sp³-hybridized carbons (Fsp3) is 0.778. The highest BCUT2D eigenvalue weighted by Crippen LogP contribution is 2.28. The summed E-state index contributed by atoms with van der Waals surface area (Å²) in [5.74, 6) is 1.03. The van der Waals surface area contributed by atoms with Crippen LogP contribution in [0.15, 0.2) is 48.6 Å². The number of hydrogen-bond donors (Lipinski definition) is 1. The number of aliphatic hydroxyl groups excluding tert-OH is 1. The topological polar surface area (TPSA) is 20.2 Å². The van der Waals surface area contributed by atoms with Gasteiger partial charge in [0.1, 0.15) is 0 Å². The molecule has 1 unspecified atom stereocenters. The number of aliphatic hydroxyl groups is 1. The molecular formula is C36H66O. The van der Waals surface area contributed by atoms with Gasteiger partial charge in [-0.25, -0.2) is 0 Å². The molecule has 0 radical (unpaired) electrons. The second-order valence-corrected chi connectivity index (χ2v) is 11.2. The highest BCUT2D eigenvalue weighted by Gasteiger charge is 2.22. The zero-order chi connectivity index (χ0) is 27.2. The second-order valence-electron chi connectivity index (χ2n) is 11.2. The molecule has 0 aliphatic carbocycles. The van der Waals surface area contributed by atoms with Crippen molar-refractivity contribution < 1.29 is 5.11 Å². The minimum atomic E-state index is -0.175. The van der Waals surface area contributed by atoms with Crippen LogP contribution in [-0.4, -0.2) is 11.2 Å². The summed E-state index contributed by atoms with van der Waals surface area (Å²) in [4.78, 5) is 0. The highest BCUT2D eigenvalue weighted by molar-refractivity contribution is 4.88. The Balaban J connectivity index is 4.96. The van der Waals surface area contributed by atoms with Crippen molar-refractivity contribution in [1.82, 2.24) is 0 Å². The molecule has 0 fully saturated rings. The first kappa shape index (κ1) is 35.9. The largest absolute Gasteiger partial charge is 0.393 e. The Labute approximate surface area is 234 Å². The first-order valence-electron chi connectivity index (χ1n) is 16.5. The predicted molar refractivity (Wildman–Crippen MR) is 169 cm³/mol. The maximum absolute atomic E-state index is 11.4. The minimum Gasteiger partial charge on any atom is -0.393 e. The van der Waals surface area contributed by atoms with Crippen molar-refractivity contribution in [3.05, 3.63) is 48.6 Å². The maximum Gasteiger partial charge on any atom is 0.0571 e. The van der Waals surface area contributed by atoms with Crippen molar-refractivity contribution in [3.63, 3.8) is 0 Å². The Morgan fingerprint density at radius 3 is 1.22 bits per heavy atom. The lowest BCUT2D eigenvalue weighted by Gasteiger charge is -2.26. The molecule has 0 saturated carbocycles. The smallest absolute Gasteiger partial charge is 0.0571 e. The first-order chi connectivity index (χ1) is 18.2. The second kappa shape index (κ2) is 29.5. The van der Waals surface area contributed by atoms with Gasteiger partial charge < -0.3 is 5.11 Å². The third-order valence-corrected chi connectivity index (χ3v) is 7.54. The summed E-state index contributed by atoms with van der Waals surface area (Å²) in [7, 11) is 0. The summed E-state index contributed by atoms with van der Waals surface area (Å²) in [5.41, 5.74) is 0. The molecular weight excluding hydrogens is 448 g/mol. The molecule has 0 aliphatic heterocycles. The van der Waals surface area contributed by atoms with E-state index < -0.39 is 0 Å². The standard InChI is InChI=1S/C36H66O/c1-5-9-13-17-19-23-27-31-35(32-28-24-20-18-14-10-6-2)36(37)33-34(29-25-21-15-11-7-3)30-26-22-16-12-8-4/h15-16,19-24,34-37H,5-14,17-18,25-33H2,1-4H3/b21-15-,22-16-,23-19-,24-20-. The van der Waals surface area contributed by atoms with Gasteiger partial charge in [0, 0.05) is 0 Å². The van der Waals surface area contributed by atoms with Crippen molar-refractivity contribution >= 4 is 0 Å². The van der Waals surface area contributed by atoms with Crippen LogP contribution in [-0.2, 0) is 0 Å². The zero-order valence-electron chi connectivity index (χ0n) is 25.6. The van der Waals surface area contributed by atoms with E-state index in [0.717, 1.165) is 44.9 Å². The minimum absolute atomic E-state index is 0.175. The van der Waals surface area contributed by atoms with E-state index >= 15 is 0 Å². The van der Waals surface area contributed by atoms with Crippen molar-refractivity contribution in [1.29, 1.82) is 0 Å². The lowest BCUT2D eigenvalue weighted by molar-refractivity contribution is 0.0707. The fourth-order valence-corrected chi connectivity index (χ4v) is 5.03. The zero-order valence-corrected chi connectivity index (χ0v) is 25.6. The van der Waals surface area contributed by atoms with Crippen molar-refractivity contribution in [2.75, 3.05) is 0 Å². The van der Waals surface area contributed by atoms with Gasteiger partial charge in [-0.15, -0.1) is 0 Å². The molecule has 0 heterocycles. The van der Waals surface area contributed by atoms with Gasteiger partial charge in [0.15, 0.2) is 0 Å². The molecule has 0 rings (SSSR count). The monoisotopic (exact) mass is 515 g/mol. The lowest BCUT2D eigenvalue weighted by Crippen LogP contribution is -2.24. The third-order valence-electron chi connectivity index (χ3n) is 7.54. The van der Waals surface area contributed by atoms with E-state index in [-0.39, 0.29) is 6.10 Å². The van der Waals surface area contributed by atoms with E-state index in [0.29, 0.717) is 11.8 Å². The van der Waals surface area contributed by atoms with Crippen molar-refractivity contribution in [3.8, 4) is 0 Å². The Kier molecular flexibility index (Phi) is 28.6. The molecule has 0 aromatic heterocycles. The summed E-state index contributed by atoms with van der Waals surface area (Å²) in [6, 6.07) is 0. The molecule has 1 atom stereocenters. The van der Waals surface area contributed by atoms with Crippen molar-refractivity contribution in [2.45, 2.75) is 169 Å². The molecule has 1 nitrogen and oxygen atoms in total. The molecule has 1 heteroatoms. The molecule has 0 aliphatic rings. The number of rotatable bonds is 27. The summed E-state index contributed by atoms with van der Waals surface area (Å²) >= 11 is 0. The van der Waals surface area contributed by atoms with Crippen LogP contribution in [0, 0.1) is 11.8 Å². The molecule has 0 saturated heterocycles. The third kappa shape index (κ3) is 25.0. The maximum atomic E-state index is 11.4. The van der Waals surface area contributed by atoms with Crippen LogP contribution in [0.2, 0.25) is 0 Å². The molecule has 216 valence electrons. The molecule has 0 bridgehead atoms. The molecule has 37 heavy (non-hydrogen) atoms. The summed E-state index contributed by atoms with van der Waals surface area (Å²) in [5, 5.41) is 11.4. The Morgan fingerprint density at radius 1 is 0.432 bits per heavy atom. The molecule has 0 spiro atoms. The van der Waals surface area contributed by atoms with Gasteiger partial charge in [-0.3, -0.25) is 0 Å². The fourth-order valence-electron chi connectivity index (χ4n) is 5.03. The quantitative estimate of drug-likeness (QED) is 0.0853. The van der Waals surface area contributed by atoms with E-state index in [4.69, 9.17) is 0 Å². The van der Waals surface area contributed by atoms with Crippen LogP contribution >= 0.6 is 0 Å². The molecule has 0 aromatic rings. The van der Waals surface area contributed by atoms with Gasteiger partial charge in [0.25, 0.3) is 0 Å². The van der Waals surface area contributed by atoms with Crippen LogP contribution in [0.3, 0.4) is 0 Å². The highest BCUT2D eigenvalue weighted by atomic mass is 16.3. The predicted octanol–water partition coefficient (Wildman–Crippen LogP) is 12.1. The number of allylic oxidation sites excluding steroid dienone is 8. The molecule has 0 aromatic carbocycles. The van der Waals surface area contributed by atoms with E-state index in [1.807, 2.05) is 0 Å². The lowest BCUT2D eigenvalue weighted by atomic mass is 9.83. The number of hydrogen-bond acceptors (Lipinski definition) is 1. The van der Waals surface area contributed by atoms with Gasteiger partial charge in [0.2, 0.25) is 0 Å². The van der Waals surface area contributed by atoms with Gasteiger partial charge >= 0.3 is 0 Å². The van der Waals surface area contributed by atoms with Crippen LogP contribution in [0.4, 0.5) is 0 Å². The SMILES string of the molecule is CCC/C=C\CCC(CC/C=C\CCC)CC(O)C(CC/C=C\CCCCC)CC/C=C\CCCCC. The Hall–Kier alpha value is -1.08. The Bertz CT molecular complexity index is 511. The van der Waals surface area contributed by atoms with E-state index in [9.17, 15) is 5.11 Å². The van der Waals surface area contributed by atoms with Crippen LogP contribution < -0.4 is 0 Å². The number of unbranched alkanes of at least 4 members (excludes halogenated alkanes) is 8. The van der Waals surface area contributed by atoms with Crippen LogP contribution in [0.25, 0.3) is 0 Å². The van der Waals surface area contributed by atoms with Crippen LogP contribution in [0.1, 0.15) is 163 Å². The van der Waals surface area contributed by atoms with Gasteiger partial charge in [-0.05, 0) is 108 Å². The van der Waals surface area contributed by atoms with E-state index in [1.165, 1.54) is 89.9 Å². The summed E-state index contributed by atoms with van der Waals surface area (Å²) in [6.07, 6.45) is 44.0. The normalized spacial score (nSPS) is 13.6. The summed E-state index contributed by atoms with van der Waals surface area (Å²) < 4.78 is 0. The van der Waals surface area contributed by atoms with Gasteiger partial charge in [-0.2, -0.15) is 0 Å². The molecule has 0 amide bonds. The van der Waals surface area contributed by atoms with Crippen molar-refractivity contribution in [2.24, 2.45) is 11.8 Å². The van der Waals surface area contributed by atoms with E-state index in [2.05, 4.69) is 76.3 Å². The van der Waals surface area contributed by atoms with Gasteiger partial charge in [-0.1, -0.05) is 115 Å². The van der Waals surface area contributed by atoms with E-state index in [1.54, 1.807) is 0 Å². The summed E-state index contributed by atoms with van der Waals surface area (Å²) in [6.45, 7) is 9.02. The average Bonchev–Trinajstić information content (AvgIpc) is 2.90. The first-order valence-corrected chi connectivity index (χ1v) is 16.5. The Morgan fingerprint density at radius 2 is 0.811 bits per heavy atom. The molecule has 1 N–H and O–H groups in total. The average molecular weight is 515 g/mol. The van der Waals surface area contributed by atoms with Gasteiger partial charge in [0.05, 0.1) is 6.10 Å².